The van der Waals surface area contributed by atoms with Gasteiger partial charge in [0.05, 0.1) is 23.7 Å². The van der Waals surface area contributed by atoms with Crippen molar-refractivity contribution in [2.75, 3.05) is 11.9 Å². The van der Waals surface area contributed by atoms with Crippen LogP contribution in [0.1, 0.15) is 43.7 Å². The van der Waals surface area contributed by atoms with Gasteiger partial charge in [-0.2, -0.15) is 5.10 Å². The summed E-state index contributed by atoms with van der Waals surface area (Å²) in [5.41, 5.74) is 1.68. The molecule has 2 aromatic heterocycles. The van der Waals surface area contributed by atoms with Crippen LogP contribution in [0, 0.1) is 0 Å². The van der Waals surface area contributed by atoms with Crippen LogP contribution in [-0.2, 0) is 0 Å². The van der Waals surface area contributed by atoms with Gasteiger partial charge in [-0.15, -0.1) is 11.3 Å². The van der Waals surface area contributed by atoms with Crippen molar-refractivity contribution in [1.82, 2.24) is 14.8 Å². The third-order valence-electron chi connectivity index (χ3n) is 4.88. The van der Waals surface area contributed by atoms with E-state index < -0.39 is 5.91 Å². The molecule has 2 heterocycles. The van der Waals surface area contributed by atoms with Crippen molar-refractivity contribution >= 4 is 33.1 Å². The zero-order valence-corrected chi connectivity index (χ0v) is 19.0. The summed E-state index contributed by atoms with van der Waals surface area (Å²) in [6.45, 7) is 6.46. The van der Waals surface area contributed by atoms with Crippen LogP contribution in [0.5, 0.6) is 5.75 Å². The minimum absolute atomic E-state index is 0.172. The van der Waals surface area contributed by atoms with E-state index in [9.17, 15) is 9.59 Å². The number of carbonyl (C=O) groups excluding carboxylic acids is 1. The summed E-state index contributed by atoms with van der Waals surface area (Å²) in [5, 5.41) is 10.5. The molecule has 0 saturated carbocycles. The number of thiazole rings is 1. The maximum absolute atomic E-state index is 13.1. The van der Waals surface area contributed by atoms with Gasteiger partial charge in [0, 0.05) is 16.3 Å². The summed E-state index contributed by atoms with van der Waals surface area (Å²) in [4.78, 5) is 30.3. The summed E-state index contributed by atoms with van der Waals surface area (Å²) in [7, 11) is 0. The van der Waals surface area contributed by atoms with Crippen molar-refractivity contribution in [2.45, 2.75) is 33.2 Å². The van der Waals surface area contributed by atoms with Crippen LogP contribution in [0.25, 0.3) is 22.0 Å². The molecule has 4 rings (SSSR count). The molecule has 1 N–H and O–H groups in total. The van der Waals surface area contributed by atoms with Gasteiger partial charge in [-0.3, -0.25) is 14.9 Å². The first kappa shape index (κ1) is 21.7. The van der Waals surface area contributed by atoms with Crippen molar-refractivity contribution in [2.24, 2.45) is 0 Å². The van der Waals surface area contributed by atoms with Crippen LogP contribution in [0.3, 0.4) is 0 Å². The number of ether oxygens (including phenoxy) is 1. The number of anilines is 1. The average molecular weight is 449 g/mol. The predicted molar refractivity (Wildman–Crippen MR) is 128 cm³/mol. The van der Waals surface area contributed by atoms with Crippen molar-refractivity contribution in [3.8, 4) is 17.0 Å². The fourth-order valence-corrected chi connectivity index (χ4v) is 4.00. The second-order valence-corrected chi connectivity index (χ2v) is 8.46. The number of nitrogens with one attached hydrogen (secondary N) is 1. The molecule has 2 aromatic carbocycles. The summed E-state index contributed by atoms with van der Waals surface area (Å²) >= 11 is 1.33. The molecule has 8 heteroatoms. The fraction of sp³-hybridized carbons (Fsp3) is 0.250. The number of rotatable bonds is 7. The van der Waals surface area contributed by atoms with Gasteiger partial charge in [0.1, 0.15) is 5.75 Å². The first-order chi connectivity index (χ1) is 15.5. The van der Waals surface area contributed by atoms with E-state index in [2.05, 4.69) is 22.3 Å². The highest BCUT2D eigenvalue weighted by Gasteiger charge is 2.19. The van der Waals surface area contributed by atoms with Gasteiger partial charge in [-0.1, -0.05) is 25.1 Å². The molecule has 7 nitrogen and oxygen atoms in total. The molecule has 0 saturated heterocycles. The highest BCUT2D eigenvalue weighted by atomic mass is 32.1. The molecule has 0 unspecified atom stereocenters. The van der Waals surface area contributed by atoms with Crippen LogP contribution < -0.4 is 15.6 Å². The monoisotopic (exact) mass is 448 g/mol. The molecule has 0 aliphatic heterocycles. The molecule has 0 aliphatic rings. The Labute approximate surface area is 189 Å². The Morgan fingerprint density at radius 3 is 2.53 bits per heavy atom. The smallest absolute Gasteiger partial charge is 0.278 e. The maximum atomic E-state index is 13.1. The molecule has 0 fully saturated rings. The maximum Gasteiger partial charge on any atom is 0.278 e. The van der Waals surface area contributed by atoms with Crippen molar-refractivity contribution in [1.29, 1.82) is 0 Å². The Bertz CT molecular complexity index is 1310. The molecule has 0 spiro atoms. The van der Waals surface area contributed by atoms with E-state index in [4.69, 9.17) is 4.74 Å². The van der Waals surface area contributed by atoms with E-state index in [-0.39, 0.29) is 17.3 Å². The third kappa shape index (κ3) is 4.40. The van der Waals surface area contributed by atoms with Crippen LogP contribution in [-0.4, -0.2) is 27.3 Å². The van der Waals surface area contributed by atoms with E-state index in [1.807, 2.05) is 43.5 Å². The topological polar surface area (TPSA) is 86.1 Å². The lowest BCUT2D eigenvalue weighted by atomic mass is 10.1. The number of nitrogens with zero attached hydrogens (tertiary/aromatic N) is 3. The highest BCUT2D eigenvalue weighted by Crippen LogP contribution is 2.27. The first-order valence-electron chi connectivity index (χ1n) is 10.5. The lowest BCUT2D eigenvalue weighted by molar-refractivity contribution is 0.102. The quantitative estimate of drug-likeness (QED) is 0.423. The minimum Gasteiger partial charge on any atom is -0.494 e. The van der Waals surface area contributed by atoms with Crippen LogP contribution in [0.15, 0.2) is 58.7 Å². The van der Waals surface area contributed by atoms with Gasteiger partial charge >= 0.3 is 0 Å². The SMILES string of the molecule is CCCOc1ccc(-c2csc(NC(=O)c3nn(C(C)C)c(=O)c4ccccc34)n2)cc1. The number of benzene rings is 2. The number of hydrogen-bond donors (Lipinski definition) is 1. The van der Waals surface area contributed by atoms with Crippen molar-refractivity contribution in [3.05, 3.63) is 70.0 Å². The first-order valence-corrected chi connectivity index (χ1v) is 11.4. The molecule has 0 aliphatic carbocycles. The molecule has 0 bridgehead atoms. The van der Waals surface area contributed by atoms with Gasteiger partial charge in [0.25, 0.3) is 11.5 Å². The molecular weight excluding hydrogens is 424 g/mol. The van der Waals surface area contributed by atoms with Crippen LogP contribution in [0.2, 0.25) is 0 Å². The predicted octanol–water partition coefficient (Wildman–Crippen LogP) is 5.14. The highest BCUT2D eigenvalue weighted by molar-refractivity contribution is 7.14. The molecule has 32 heavy (non-hydrogen) atoms. The largest absolute Gasteiger partial charge is 0.494 e. The molecular formula is C24H24N4O3S. The lowest BCUT2D eigenvalue weighted by Gasteiger charge is -2.12. The van der Waals surface area contributed by atoms with Crippen molar-refractivity contribution in [3.63, 3.8) is 0 Å². The Morgan fingerprint density at radius 2 is 1.84 bits per heavy atom. The van der Waals surface area contributed by atoms with E-state index in [0.717, 1.165) is 23.4 Å². The van der Waals surface area contributed by atoms with E-state index in [0.29, 0.717) is 22.5 Å². The number of aromatic nitrogens is 3. The zero-order valence-electron chi connectivity index (χ0n) is 18.2. The Kier molecular flexibility index (Phi) is 6.32. The van der Waals surface area contributed by atoms with E-state index >= 15 is 0 Å². The number of carbonyl (C=O) groups is 1. The van der Waals surface area contributed by atoms with Gasteiger partial charge < -0.3 is 4.74 Å². The van der Waals surface area contributed by atoms with Gasteiger partial charge in [0.15, 0.2) is 10.8 Å². The fourth-order valence-electron chi connectivity index (χ4n) is 3.29. The standard InChI is InChI=1S/C24H24N4O3S/c1-4-13-31-17-11-9-16(10-12-17)20-14-32-24(25-20)26-22(29)21-18-7-5-6-8-19(18)23(30)28(27-21)15(2)3/h5-12,14-15H,4,13H2,1-3H3,(H,25,26,29). The average Bonchev–Trinajstić information content (AvgIpc) is 3.26. The molecule has 4 aromatic rings. The van der Waals surface area contributed by atoms with Crippen LogP contribution in [0.4, 0.5) is 5.13 Å². The number of amides is 1. The van der Waals surface area contributed by atoms with E-state index in [1.165, 1.54) is 16.0 Å². The third-order valence-corrected chi connectivity index (χ3v) is 5.64. The summed E-state index contributed by atoms with van der Waals surface area (Å²) in [6.07, 6.45) is 0.954. The summed E-state index contributed by atoms with van der Waals surface area (Å²) in [5.74, 6) is 0.414. The zero-order chi connectivity index (χ0) is 22.7. The number of hydrogen-bond acceptors (Lipinski definition) is 6. The van der Waals surface area contributed by atoms with Gasteiger partial charge in [-0.25, -0.2) is 9.67 Å². The Morgan fingerprint density at radius 1 is 1.12 bits per heavy atom. The molecule has 1 amide bonds. The Balaban J connectivity index is 1.59. The lowest BCUT2D eigenvalue weighted by Crippen LogP contribution is -2.28. The normalized spacial score (nSPS) is 11.1. The minimum atomic E-state index is -0.403. The number of fused-ring (bicyclic) bond motifs is 1. The van der Waals surface area contributed by atoms with Crippen molar-refractivity contribution < 1.29 is 9.53 Å². The molecule has 0 atom stereocenters. The summed E-state index contributed by atoms with van der Waals surface area (Å²) < 4.78 is 6.96. The van der Waals surface area contributed by atoms with E-state index in [1.54, 1.807) is 24.3 Å². The second-order valence-electron chi connectivity index (χ2n) is 7.60. The van der Waals surface area contributed by atoms with Gasteiger partial charge in [-0.05, 0) is 50.6 Å². The van der Waals surface area contributed by atoms with Gasteiger partial charge in [0.2, 0.25) is 0 Å². The molecule has 164 valence electrons. The summed E-state index contributed by atoms with van der Waals surface area (Å²) in [6, 6.07) is 14.6. The second kappa shape index (κ2) is 9.32. The molecule has 0 radical (unpaired) electrons. The Hall–Kier alpha value is -3.52. The van der Waals surface area contributed by atoms with Crippen LogP contribution >= 0.6 is 11.3 Å².